The van der Waals surface area contributed by atoms with Crippen molar-refractivity contribution >= 4 is 11.9 Å². The lowest BCUT2D eigenvalue weighted by molar-refractivity contribution is -0.154. The summed E-state index contributed by atoms with van der Waals surface area (Å²) in [6.07, 6.45) is 1.43. The zero-order valence-electron chi connectivity index (χ0n) is 13.2. The van der Waals surface area contributed by atoms with Crippen LogP contribution < -0.4 is 10.1 Å². The Bertz CT molecular complexity index is 602. The molecule has 0 radical (unpaired) electrons. The van der Waals surface area contributed by atoms with E-state index in [1.807, 2.05) is 13.0 Å². The molecule has 1 aromatic rings. The quantitative estimate of drug-likeness (QED) is 0.775. The second kappa shape index (κ2) is 7.63. The van der Waals surface area contributed by atoms with Crippen molar-refractivity contribution in [3.8, 4) is 11.8 Å². The molecule has 1 aliphatic rings. The normalized spacial score (nSPS) is 15.9. The lowest BCUT2D eigenvalue weighted by Crippen LogP contribution is -2.38. The third kappa shape index (κ3) is 5.29. The molecule has 0 aliphatic heterocycles. The third-order valence-electron chi connectivity index (χ3n) is 3.69. The molecule has 0 unspecified atom stereocenters. The Morgan fingerprint density at radius 2 is 1.96 bits per heavy atom. The second-order valence-electron chi connectivity index (χ2n) is 5.70. The number of rotatable bonds is 7. The molecule has 122 valence electrons. The zero-order valence-corrected chi connectivity index (χ0v) is 13.2. The zero-order chi connectivity index (χ0) is 16.8. The first-order valence-corrected chi connectivity index (χ1v) is 7.62. The number of amides is 1. The van der Waals surface area contributed by atoms with Crippen LogP contribution in [0.4, 0.5) is 0 Å². The monoisotopic (exact) mass is 316 g/mol. The summed E-state index contributed by atoms with van der Waals surface area (Å²) >= 11 is 0. The average Bonchev–Trinajstić information content (AvgIpc) is 3.38. The van der Waals surface area contributed by atoms with Crippen LogP contribution in [0.1, 0.15) is 32.3 Å². The number of benzene rings is 1. The van der Waals surface area contributed by atoms with E-state index < -0.39 is 12.1 Å². The first-order valence-electron chi connectivity index (χ1n) is 7.62. The molecule has 0 bridgehead atoms. The maximum Gasteiger partial charge on any atom is 0.347 e. The molecule has 1 aromatic carbocycles. The molecule has 1 amide bonds. The van der Waals surface area contributed by atoms with Crippen LogP contribution in [0.3, 0.4) is 0 Å². The summed E-state index contributed by atoms with van der Waals surface area (Å²) in [6.45, 7) is 3.19. The van der Waals surface area contributed by atoms with Crippen molar-refractivity contribution in [3.05, 3.63) is 29.8 Å². The summed E-state index contributed by atoms with van der Waals surface area (Å²) in [4.78, 5) is 23.5. The summed E-state index contributed by atoms with van der Waals surface area (Å²) in [5.41, 5.74) is 0.508. The highest BCUT2D eigenvalue weighted by molar-refractivity contribution is 5.82. The van der Waals surface area contributed by atoms with Gasteiger partial charge in [0, 0.05) is 6.04 Å². The van der Waals surface area contributed by atoms with Crippen LogP contribution in [0.2, 0.25) is 0 Å². The highest BCUT2D eigenvalue weighted by atomic mass is 16.6. The van der Waals surface area contributed by atoms with E-state index in [9.17, 15) is 9.59 Å². The predicted molar refractivity (Wildman–Crippen MR) is 82.5 cm³/mol. The highest BCUT2D eigenvalue weighted by Crippen LogP contribution is 2.32. The molecule has 2 atom stereocenters. The number of carbonyl (C=O) groups excluding carboxylic acids is 2. The van der Waals surface area contributed by atoms with Crippen LogP contribution in [0, 0.1) is 17.2 Å². The van der Waals surface area contributed by atoms with Gasteiger partial charge >= 0.3 is 5.97 Å². The fraction of sp³-hybridized carbons (Fsp3) is 0.471. The number of hydrogen-bond donors (Lipinski definition) is 1. The van der Waals surface area contributed by atoms with Crippen LogP contribution in [0.5, 0.6) is 5.75 Å². The van der Waals surface area contributed by atoms with Crippen molar-refractivity contribution in [2.24, 2.45) is 5.92 Å². The van der Waals surface area contributed by atoms with Crippen molar-refractivity contribution in [1.29, 1.82) is 5.26 Å². The number of nitrogens with one attached hydrogen (secondary N) is 1. The van der Waals surface area contributed by atoms with Crippen LogP contribution in [0.25, 0.3) is 0 Å². The number of nitriles is 1. The lowest BCUT2D eigenvalue weighted by atomic mass is 10.2. The minimum absolute atomic E-state index is 0.119. The summed E-state index contributed by atoms with van der Waals surface area (Å²) in [6, 6.07) is 8.52. The second-order valence-corrected chi connectivity index (χ2v) is 5.70. The Kier molecular flexibility index (Phi) is 5.58. The lowest BCUT2D eigenvalue weighted by Gasteiger charge is -2.15. The molecule has 0 saturated heterocycles. The molecular formula is C17H20N2O4. The summed E-state index contributed by atoms with van der Waals surface area (Å²) < 4.78 is 10.4. The third-order valence-corrected chi connectivity index (χ3v) is 3.69. The fourth-order valence-corrected chi connectivity index (χ4v) is 2.12. The highest BCUT2D eigenvalue weighted by Gasteiger charge is 2.29. The molecule has 1 saturated carbocycles. The van der Waals surface area contributed by atoms with Gasteiger partial charge in [0.05, 0.1) is 11.6 Å². The van der Waals surface area contributed by atoms with E-state index in [1.165, 1.54) is 0 Å². The summed E-state index contributed by atoms with van der Waals surface area (Å²) in [5.74, 6) is 0.0976. The minimum Gasteiger partial charge on any atom is -0.479 e. The van der Waals surface area contributed by atoms with E-state index in [1.54, 1.807) is 31.2 Å². The summed E-state index contributed by atoms with van der Waals surface area (Å²) in [5, 5.41) is 11.5. The summed E-state index contributed by atoms with van der Waals surface area (Å²) in [7, 11) is 0. The van der Waals surface area contributed by atoms with Crippen LogP contribution in [-0.2, 0) is 14.3 Å². The average molecular weight is 316 g/mol. The Hall–Kier alpha value is -2.55. The Balaban J connectivity index is 1.73. The van der Waals surface area contributed by atoms with Crippen molar-refractivity contribution in [2.45, 2.75) is 38.8 Å². The van der Waals surface area contributed by atoms with Gasteiger partial charge in [-0.05, 0) is 56.9 Å². The molecule has 2 rings (SSSR count). The standard InChI is InChI=1S/C17H20N2O4/c1-11(14-5-6-14)19-16(20)10-22-17(21)12(2)23-15-7-3-13(9-18)4-8-15/h3-4,7-8,11-12,14H,5-6,10H2,1-2H3,(H,19,20)/t11-,12-/m0/s1. The number of hydrogen-bond acceptors (Lipinski definition) is 5. The minimum atomic E-state index is -0.836. The van der Waals surface area contributed by atoms with E-state index in [0.717, 1.165) is 12.8 Å². The van der Waals surface area contributed by atoms with Crippen molar-refractivity contribution in [3.63, 3.8) is 0 Å². The van der Waals surface area contributed by atoms with Gasteiger partial charge in [0.15, 0.2) is 12.7 Å². The molecule has 0 spiro atoms. The van der Waals surface area contributed by atoms with Gasteiger partial charge < -0.3 is 14.8 Å². The van der Waals surface area contributed by atoms with Gasteiger partial charge in [0.25, 0.3) is 5.91 Å². The topological polar surface area (TPSA) is 88.4 Å². The van der Waals surface area contributed by atoms with Crippen LogP contribution in [-0.4, -0.2) is 30.6 Å². The van der Waals surface area contributed by atoms with E-state index in [2.05, 4.69) is 5.32 Å². The number of carbonyl (C=O) groups is 2. The van der Waals surface area contributed by atoms with Crippen LogP contribution in [0.15, 0.2) is 24.3 Å². The Morgan fingerprint density at radius 3 is 2.52 bits per heavy atom. The van der Waals surface area contributed by atoms with E-state index in [-0.39, 0.29) is 18.6 Å². The fourth-order valence-electron chi connectivity index (χ4n) is 2.12. The maximum absolute atomic E-state index is 11.8. The van der Waals surface area contributed by atoms with E-state index >= 15 is 0 Å². The molecule has 1 N–H and O–H groups in total. The van der Waals surface area contributed by atoms with E-state index in [0.29, 0.717) is 17.2 Å². The molecule has 6 heteroatoms. The number of nitrogens with zero attached hydrogens (tertiary/aromatic N) is 1. The predicted octanol–water partition coefficient (Wildman–Crippen LogP) is 1.78. The Morgan fingerprint density at radius 1 is 1.30 bits per heavy atom. The van der Waals surface area contributed by atoms with Crippen LogP contribution >= 0.6 is 0 Å². The number of esters is 1. The first-order chi connectivity index (χ1) is 11.0. The van der Waals surface area contributed by atoms with Crippen molar-refractivity contribution in [1.82, 2.24) is 5.32 Å². The van der Waals surface area contributed by atoms with E-state index in [4.69, 9.17) is 14.7 Å². The molecule has 6 nitrogen and oxygen atoms in total. The van der Waals surface area contributed by atoms with Crippen molar-refractivity contribution in [2.75, 3.05) is 6.61 Å². The van der Waals surface area contributed by atoms with Gasteiger partial charge in [-0.1, -0.05) is 0 Å². The molecular weight excluding hydrogens is 296 g/mol. The van der Waals surface area contributed by atoms with Gasteiger partial charge in [-0.25, -0.2) is 4.79 Å². The van der Waals surface area contributed by atoms with Gasteiger partial charge in [-0.2, -0.15) is 5.26 Å². The first kappa shape index (κ1) is 16.8. The van der Waals surface area contributed by atoms with Gasteiger partial charge in [-0.15, -0.1) is 0 Å². The van der Waals surface area contributed by atoms with Crippen molar-refractivity contribution < 1.29 is 19.1 Å². The van der Waals surface area contributed by atoms with Gasteiger partial charge in [0.2, 0.25) is 0 Å². The maximum atomic E-state index is 11.8. The molecule has 0 heterocycles. The SMILES string of the molecule is C[C@H](Oc1ccc(C#N)cc1)C(=O)OCC(=O)N[C@@H](C)C1CC1. The van der Waals surface area contributed by atoms with Gasteiger partial charge in [-0.3, -0.25) is 4.79 Å². The Labute approximate surface area is 135 Å². The molecule has 1 fully saturated rings. The van der Waals surface area contributed by atoms with Gasteiger partial charge in [0.1, 0.15) is 5.75 Å². The smallest absolute Gasteiger partial charge is 0.347 e. The number of ether oxygens (including phenoxy) is 2. The molecule has 23 heavy (non-hydrogen) atoms. The molecule has 0 aromatic heterocycles. The molecule has 1 aliphatic carbocycles. The largest absolute Gasteiger partial charge is 0.479 e.